The standard InChI is InChI=1S/C16H12N4O5S2/c21-14(10-4-2-1-3-5-10)17-15-18-19-16(26-15)27(22,23)20-11-6-7-12-13(8-11)25-9-24-12/h1-8,20H,9H2,(H,17,18,21). The second kappa shape index (κ2) is 6.85. The molecule has 27 heavy (non-hydrogen) atoms. The van der Waals surface area contributed by atoms with Crippen molar-refractivity contribution in [2.24, 2.45) is 0 Å². The summed E-state index contributed by atoms with van der Waals surface area (Å²) in [5.74, 6) is 0.586. The fraction of sp³-hybridized carbons (Fsp3) is 0.0625. The first kappa shape index (κ1) is 17.2. The second-order valence-corrected chi connectivity index (χ2v) is 8.20. The molecule has 1 aliphatic heterocycles. The molecule has 0 saturated heterocycles. The van der Waals surface area contributed by atoms with Gasteiger partial charge in [-0.15, -0.1) is 10.2 Å². The van der Waals surface area contributed by atoms with E-state index in [2.05, 4.69) is 20.2 Å². The van der Waals surface area contributed by atoms with Crippen molar-refractivity contribution in [2.75, 3.05) is 16.8 Å². The maximum absolute atomic E-state index is 12.5. The number of nitrogens with one attached hydrogen (secondary N) is 2. The van der Waals surface area contributed by atoms with Gasteiger partial charge in [-0.25, -0.2) is 0 Å². The van der Waals surface area contributed by atoms with E-state index in [1.807, 2.05) is 0 Å². The summed E-state index contributed by atoms with van der Waals surface area (Å²) in [6.45, 7) is 0.0897. The molecular formula is C16H12N4O5S2. The third-order valence-electron chi connectivity index (χ3n) is 3.52. The van der Waals surface area contributed by atoms with E-state index in [1.165, 1.54) is 6.07 Å². The van der Waals surface area contributed by atoms with Crippen LogP contribution in [-0.2, 0) is 10.0 Å². The molecule has 0 unspecified atom stereocenters. The number of hydrogen-bond acceptors (Lipinski definition) is 8. The summed E-state index contributed by atoms with van der Waals surface area (Å²) in [7, 11) is -3.96. The van der Waals surface area contributed by atoms with Gasteiger partial charge >= 0.3 is 0 Å². The maximum atomic E-state index is 12.5. The second-order valence-electron chi connectivity index (χ2n) is 5.37. The number of anilines is 2. The number of benzene rings is 2. The summed E-state index contributed by atoms with van der Waals surface area (Å²) < 4.78 is 37.5. The first-order valence-corrected chi connectivity index (χ1v) is 9.94. The molecule has 1 aromatic heterocycles. The minimum absolute atomic E-state index is 0.0786. The van der Waals surface area contributed by atoms with Crippen LogP contribution in [0.2, 0.25) is 0 Å². The number of carbonyl (C=O) groups excluding carboxylic acids is 1. The monoisotopic (exact) mass is 404 g/mol. The Bertz CT molecular complexity index is 1100. The van der Waals surface area contributed by atoms with Crippen LogP contribution in [0.4, 0.5) is 10.8 Å². The van der Waals surface area contributed by atoms with E-state index in [1.54, 1.807) is 42.5 Å². The van der Waals surface area contributed by atoms with Crippen LogP contribution in [0.3, 0.4) is 0 Å². The molecule has 0 fully saturated rings. The summed E-state index contributed by atoms with van der Waals surface area (Å²) in [6, 6.07) is 13.2. The van der Waals surface area contributed by atoms with E-state index < -0.39 is 15.9 Å². The fourth-order valence-corrected chi connectivity index (χ4v) is 4.23. The number of carbonyl (C=O) groups is 1. The number of ether oxygens (including phenoxy) is 2. The number of nitrogens with zero attached hydrogens (tertiary/aromatic N) is 2. The van der Waals surface area contributed by atoms with Gasteiger partial charge in [-0.1, -0.05) is 29.5 Å². The van der Waals surface area contributed by atoms with E-state index in [4.69, 9.17) is 9.47 Å². The Morgan fingerprint density at radius 3 is 2.63 bits per heavy atom. The lowest BCUT2D eigenvalue weighted by molar-refractivity contribution is 0.102. The van der Waals surface area contributed by atoms with Crippen LogP contribution in [-0.4, -0.2) is 31.3 Å². The number of hydrogen-bond donors (Lipinski definition) is 2. The van der Waals surface area contributed by atoms with Crippen molar-refractivity contribution in [3.8, 4) is 11.5 Å². The summed E-state index contributed by atoms with van der Waals surface area (Å²) in [4.78, 5) is 12.1. The van der Waals surface area contributed by atoms with E-state index in [0.29, 0.717) is 22.7 Å². The number of amides is 1. The average molecular weight is 404 g/mol. The Labute approximate surface area is 158 Å². The minimum atomic E-state index is -3.96. The predicted molar refractivity (Wildman–Crippen MR) is 97.7 cm³/mol. The molecule has 0 bridgehead atoms. The van der Waals surface area contributed by atoms with Gasteiger partial charge in [0.05, 0.1) is 5.69 Å². The summed E-state index contributed by atoms with van der Waals surface area (Å²) in [5, 5.41) is 9.98. The van der Waals surface area contributed by atoms with E-state index in [9.17, 15) is 13.2 Å². The highest BCUT2D eigenvalue weighted by molar-refractivity contribution is 7.94. The summed E-state index contributed by atoms with van der Waals surface area (Å²) in [6.07, 6.45) is 0. The highest BCUT2D eigenvalue weighted by Gasteiger charge is 2.23. The Morgan fingerprint density at radius 1 is 1.04 bits per heavy atom. The van der Waals surface area contributed by atoms with Crippen LogP contribution in [0, 0.1) is 0 Å². The zero-order valence-corrected chi connectivity index (χ0v) is 15.2. The van der Waals surface area contributed by atoms with Crippen molar-refractivity contribution in [2.45, 2.75) is 4.34 Å². The van der Waals surface area contributed by atoms with Gasteiger partial charge in [-0.2, -0.15) is 8.42 Å². The molecule has 2 heterocycles. The first-order chi connectivity index (χ1) is 13.0. The lowest BCUT2D eigenvalue weighted by Gasteiger charge is -2.05. The lowest BCUT2D eigenvalue weighted by Crippen LogP contribution is -2.12. The van der Waals surface area contributed by atoms with Crippen molar-refractivity contribution in [3.05, 3.63) is 54.1 Å². The molecule has 4 rings (SSSR count). The molecule has 0 radical (unpaired) electrons. The Kier molecular flexibility index (Phi) is 4.38. The Morgan fingerprint density at radius 2 is 1.81 bits per heavy atom. The van der Waals surface area contributed by atoms with E-state index >= 15 is 0 Å². The quantitative estimate of drug-likeness (QED) is 0.626. The third kappa shape index (κ3) is 3.68. The molecule has 0 aliphatic carbocycles. The minimum Gasteiger partial charge on any atom is -0.454 e. The summed E-state index contributed by atoms with van der Waals surface area (Å²) >= 11 is 0.747. The number of aromatic nitrogens is 2. The average Bonchev–Trinajstić information content (AvgIpc) is 3.31. The van der Waals surface area contributed by atoms with Crippen molar-refractivity contribution in [1.29, 1.82) is 0 Å². The smallest absolute Gasteiger partial charge is 0.291 e. The molecule has 2 aromatic carbocycles. The Hall–Kier alpha value is -3.18. The number of rotatable bonds is 5. The van der Waals surface area contributed by atoms with Gasteiger partial charge in [0.1, 0.15) is 0 Å². The molecule has 1 aliphatic rings. The van der Waals surface area contributed by atoms with Crippen LogP contribution in [0.1, 0.15) is 10.4 Å². The zero-order valence-electron chi connectivity index (χ0n) is 13.6. The van der Waals surface area contributed by atoms with Crippen LogP contribution in [0.5, 0.6) is 11.5 Å². The van der Waals surface area contributed by atoms with Crippen molar-refractivity contribution in [3.63, 3.8) is 0 Å². The Balaban J connectivity index is 1.49. The SMILES string of the molecule is O=C(Nc1nnc(S(=O)(=O)Nc2ccc3c(c2)OCO3)s1)c1ccccc1. The fourth-order valence-electron chi connectivity index (χ4n) is 2.29. The van der Waals surface area contributed by atoms with Crippen molar-refractivity contribution >= 4 is 38.1 Å². The van der Waals surface area contributed by atoms with Crippen molar-refractivity contribution in [1.82, 2.24) is 10.2 Å². The zero-order chi connectivity index (χ0) is 18.9. The van der Waals surface area contributed by atoms with Gasteiger partial charge in [-0.05, 0) is 24.3 Å². The molecule has 3 aromatic rings. The van der Waals surface area contributed by atoms with E-state index in [0.717, 1.165) is 11.3 Å². The van der Waals surface area contributed by atoms with Gasteiger partial charge in [0.25, 0.3) is 20.3 Å². The molecule has 138 valence electrons. The molecule has 0 spiro atoms. The van der Waals surface area contributed by atoms with Crippen LogP contribution in [0.25, 0.3) is 0 Å². The predicted octanol–water partition coefficient (Wildman–Crippen LogP) is 2.32. The van der Waals surface area contributed by atoms with Gasteiger partial charge in [0.2, 0.25) is 11.9 Å². The van der Waals surface area contributed by atoms with Crippen LogP contribution >= 0.6 is 11.3 Å². The summed E-state index contributed by atoms with van der Waals surface area (Å²) in [5.41, 5.74) is 0.722. The highest BCUT2D eigenvalue weighted by atomic mass is 32.2. The first-order valence-electron chi connectivity index (χ1n) is 7.64. The maximum Gasteiger partial charge on any atom is 0.291 e. The van der Waals surface area contributed by atoms with Gasteiger partial charge in [0.15, 0.2) is 11.5 Å². The normalized spacial score (nSPS) is 12.6. The molecule has 0 atom stereocenters. The van der Waals surface area contributed by atoms with E-state index in [-0.39, 0.29) is 16.3 Å². The van der Waals surface area contributed by atoms with Gasteiger partial charge < -0.3 is 9.47 Å². The third-order valence-corrected chi connectivity index (χ3v) is 6.11. The number of fused-ring (bicyclic) bond motifs is 1. The van der Waals surface area contributed by atoms with Crippen LogP contribution in [0.15, 0.2) is 52.9 Å². The molecular weight excluding hydrogens is 392 g/mol. The van der Waals surface area contributed by atoms with Crippen molar-refractivity contribution < 1.29 is 22.7 Å². The molecule has 11 heteroatoms. The molecule has 1 amide bonds. The lowest BCUT2D eigenvalue weighted by atomic mass is 10.2. The molecule has 0 saturated carbocycles. The van der Waals surface area contributed by atoms with Gasteiger partial charge in [-0.3, -0.25) is 14.8 Å². The largest absolute Gasteiger partial charge is 0.454 e. The van der Waals surface area contributed by atoms with Gasteiger partial charge in [0, 0.05) is 11.6 Å². The van der Waals surface area contributed by atoms with Crippen LogP contribution < -0.4 is 19.5 Å². The molecule has 9 nitrogen and oxygen atoms in total. The topological polar surface area (TPSA) is 120 Å². The number of sulfonamides is 1. The molecule has 2 N–H and O–H groups in total. The highest BCUT2D eigenvalue weighted by Crippen LogP contribution is 2.35.